The zero-order valence-electron chi connectivity index (χ0n) is 13.3. The zero-order chi connectivity index (χ0) is 17.3. The molecule has 24 heavy (non-hydrogen) atoms. The molecular weight excluding hydrogens is 314 g/mol. The molecule has 0 amide bonds. The fraction of sp³-hybridized carbons (Fsp3) is 0.188. The Bertz CT molecular complexity index is 1020. The number of aromatic nitrogens is 3. The van der Waals surface area contributed by atoms with Gasteiger partial charge in [-0.15, -0.1) is 0 Å². The average molecular weight is 329 g/mol. The van der Waals surface area contributed by atoms with Crippen LogP contribution in [0.25, 0.3) is 16.9 Å². The predicted octanol–water partition coefficient (Wildman–Crippen LogP) is 1.10. The summed E-state index contributed by atoms with van der Waals surface area (Å²) >= 11 is 0. The third-order valence-electron chi connectivity index (χ3n) is 3.54. The normalized spacial score (nSPS) is 10.6. The molecule has 0 saturated carbocycles. The van der Waals surface area contributed by atoms with Gasteiger partial charge in [-0.1, -0.05) is 0 Å². The SMILES string of the molecule is COc1ccc2[nH]c(=O)c(=O)n(-c3ccc(OC)c(OC)c3)c2n1. The van der Waals surface area contributed by atoms with Crippen molar-refractivity contribution in [1.82, 2.24) is 14.5 Å². The highest BCUT2D eigenvalue weighted by Crippen LogP contribution is 2.29. The lowest BCUT2D eigenvalue weighted by Crippen LogP contribution is -2.35. The van der Waals surface area contributed by atoms with Crippen molar-refractivity contribution in [3.63, 3.8) is 0 Å². The fourth-order valence-corrected chi connectivity index (χ4v) is 2.39. The van der Waals surface area contributed by atoms with Gasteiger partial charge in [0.15, 0.2) is 17.1 Å². The topological polar surface area (TPSA) is 95.4 Å². The van der Waals surface area contributed by atoms with Crippen LogP contribution in [0.2, 0.25) is 0 Å². The number of hydrogen-bond donors (Lipinski definition) is 1. The van der Waals surface area contributed by atoms with E-state index in [-0.39, 0.29) is 5.65 Å². The Balaban J connectivity index is 2.38. The van der Waals surface area contributed by atoms with Gasteiger partial charge in [0, 0.05) is 12.1 Å². The van der Waals surface area contributed by atoms with Crippen molar-refractivity contribution < 1.29 is 14.2 Å². The van der Waals surface area contributed by atoms with E-state index in [1.165, 1.54) is 25.9 Å². The van der Waals surface area contributed by atoms with Gasteiger partial charge in [0.05, 0.1) is 32.5 Å². The number of pyridine rings is 1. The summed E-state index contributed by atoms with van der Waals surface area (Å²) in [5, 5.41) is 0. The van der Waals surface area contributed by atoms with Crippen LogP contribution >= 0.6 is 0 Å². The lowest BCUT2D eigenvalue weighted by atomic mass is 10.2. The average Bonchev–Trinajstić information content (AvgIpc) is 2.62. The van der Waals surface area contributed by atoms with Crippen molar-refractivity contribution in [2.75, 3.05) is 21.3 Å². The monoisotopic (exact) mass is 329 g/mol. The van der Waals surface area contributed by atoms with E-state index >= 15 is 0 Å². The second-order valence-electron chi connectivity index (χ2n) is 4.86. The van der Waals surface area contributed by atoms with Crippen LogP contribution < -0.4 is 25.3 Å². The summed E-state index contributed by atoms with van der Waals surface area (Å²) in [6.45, 7) is 0. The van der Waals surface area contributed by atoms with E-state index in [0.29, 0.717) is 28.6 Å². The summed E-state index contributed by atoms with van der Waals surface area (Å²) in [5.74, 6) is 1.26. The van der Waals surface area contributed by atoms with Crippen molar-refractivity contribution in [3.8, 4) is 23.1 Å². The highest BCUT2D eigenvalue weighted by Gasteiger charge is 2.14. The number of ether oxygens (including phenoxy) is 3. The Hall–Kier alpha value is -3.29. The van der Waals surface area contributed by atoms with Gasteiger partial charge in [0.2, 0.25) is 5.88 Å². The number of nitrogens with zero attached hydrogens (tertiary/aromatic N) is 2. The lowest BCUT2D eigenvalue weighted by molar-refractivity contribution is 0.355. The number of hydrogen-bond acceptors (Lipinski definition) is 6. The Labute approximate surface area is 136 Å². The molecule has 3 aromatic rings. The minimum Gasteiger partial charge on any atom is -0.493 e. The first-order chi connectivity index (χ1) is 11.6. The van der Waals surface area contributed by atoms with E-state index in [2.05, 4.69) is 9.97 Å². The number of methoxy groups -OCH3 is 3. The molecule has 1 aromatic carbocycles. The minimum absolute atomic E-state index is 0.270. The van der Waals surface area contributed by atoms with Crippen molar-refractivity contribution >= 4 is 11.2 Å². The molecule has 3 rings (SSSR count). The summed E-state index contributed by atoms with van der Waals surface area (Å²) in [7, 11) is 4.47. The second-order valence-corrected chi connectivity index (χ2v) is 4.86. The first-order valence-electron chi connectivity index (χ1n) is 7.01. The molecule has 8 nitrogen and oxygen atoms in total. The highest BCUT2D eigenvalue weighted by molar-refractivity contribution is 5.73. The van der Waals surface area contributed by atoms with Gasteiger partial charge in [-0.2, -0.15) is 4.98 Å². The number of nitrogens with one attached hydrogen (secondary N) is 1. The van der Waals surface area contributed by atoms with E-state index in [1.54, 1.807) is 30.3 Å². The lowest BCUT2D eigenvalue weighted by Gasteiger charge is -2.13. The maximum Gasteiger partial charge on any atom is 0.322 e. The van der Waals surface area contributed by atoms with Crippen LogP contribution in [0.15, 0.2) is 39.9 Å². The summed E-state index contributed by atoms with van der Waals surface area (Å²) < 4.78 is 16.8. The molecule has 1 N–H and O–H groups in total. The molecule has 0 bridgehead atoms. The highest BCUT2D eigenvalue weighted by atomic mass is 16.5. The van der Waals surface area contributed by atoms with Crippen molar-refractivity contribution in [1.29, 1.82) is 0 Å². The van der Waals surface area contributed by atoms with Crippen LogP contribution in [-0.2, 0) is 0 Å². The molecule has 2 heterocycles. The Morgan fingerprint density at radius 1 is 0.958 bits per heavy atom. The Morgan fingerprint density at radius 3 is 2.38 bits per heavy atom. The van der Waals surface area contributed by atoms with Gasteiger partial charge >= 0.3 is 11.1 Å². The number of benzene rings is 1. The molecule has 0 radical (unpaired) electrons. The summed E-state index contributed by atoms with van der Waals surface area (Å²) in [6, 6.07) is 8.11. The maximum atomic E-state index is 12.4. The maximum absolute atomic E-state index is 12.4. The zero-order valence-corrected chi connectivity index (χ0v) is 13.3. The third-order valence-corrected chi connectivity index (χ3v) is 3.54. The van der Waals surface area contributed by atoms with E-state index in [9.17, 15) is 9.59 Å². The summed E-state index contributed by atoms with van der Waals surface area (Å²) in [4.78, 5) is 31.1. The van der Waals surface area contributed by atoms with Gasteiger partial charge in [-0.05, 0) is 18.2 Å². The smallest absolute Gasteiger partial charge is 0.322 e. The van der Waals surface area contributed by atoms with E-state index < -0.39 is 11.1 Å². The molecule has 0 aliphatic rings. The second kappa shape index (κ2) is 6.07. The van der Waals surface area contributed by atoms with E-state index in [1.807, 2.05) is 0 Å². The Morgan fingerprint density at radius 2 is 1.71 bits per heavy atom. The van der Waals surface area contributed by atoms with Gasteiger partial charge in [-0.3, -0.25) is 14.2 Å². The molecule has 0 atom stereocenters. The fourth-order valence-electron chi connectivity index (χ4n) is 2.39. The summed E-state index contributed by atoms with van der Waals surface area (Å²) in [5.41, 5.74) is -0.393. The van der Waals surface area contributed by atoms with Gasteiger partial charge < -0.3 is 19.2 Å². The van der Waals surface area contributed by atoms with Crippen molar-refractivity contribution in [2.45, 2.75) is 0 Å². The van der Waals surface area contributed by atoms with E-state index in [0.717, 1.165) is 0 Å². The molecule has 0 spiro atoms. The first kappa shape index (κ1) is 15.6. The van der Waals surface area contributed by atoms with Crippen LogP contribution in [-0.4, -0.2) is 35.9 Å². The molecule has 2 aromatic heterocycles. The van der Waals surface area contributed by atoms with Gasteiger partial charge in [0.25, 0.3) is 0 Å². The molecule has 0 aliphatic heterocycles. The molecule has 8 heteroatoms. The minimum atomic E-state index is -0.754. The van der Waals surface area contributed by atoms with Crippen LogP contribution in [0.4, 0.5) is 0 Å². The molecular formula is C16H15N3O5. The first-order valence-corrected chi connectivity index (χ1v) is 7.01. The number of aromatic amines is 1. The molecule has 0 unspecified atom stereocenters. The predicted molar refractivity (Wildman–Crippen MR) is 87.6 cm³/mol. The van der Waals surface area contributed by atoms with Crippen LogP contribution in [0, 0.1) is 0 Å². The van der Waals surface area contributed by atoms with Crippen LogP contribution in [0.1, 0.15) is 0 Å². The van der Waals surface area contributed by atoms with Crippen molar-refractivity contribution in [3.05, 3.63) is 51.0 Å². The molecule has 124 valence electrons. The quantitative estimate of drug-likeness (QED) is 0.720. The standard InChI is InChI=1S/C16H15N3O5/c1-22-11-6-4-9(8-12(11)23-2)19-14-10(17-15(20)16(19)21)5-7-13(18-14)24-3/h4-8H,1-3H3,(H,17,20). The number of rotatable bonds is 4. The number of fused-ring (bicyclic) bond motifs is 1. The molecule has 0 saturated heterocycles. The largest absolute Gasteiger partial charge is 0.493 e. The van der Waals surface area contributed by atoms with Gasteiger partial charge in [-0.25, -0.2) is 0 Å². The van der Waals surface area contributed by atoms with Gasteiger partial charge in [0.1, 0.15) is 0 Å². The van der Waals surface area contributed by atoms with Crippen LogP contribution in [0.5, 0.6) is 17.4 Å². The summed E-state index contributed by atoms with van der Waals surface area (Å²) in [6.07, 6.45) is 0. The third kappa shape index (κ3) is 2.47. The molecule has 0 fully saturated rings. The van der Waals surface area contributed by atoms with E-state index in [4.69, 9.17) is 14.2 Å². The molecule has 0 aliphatic carbocycles. The number of H-pyrrole nitrogens is 1. The van der Waals surface area contributed by atoms with Crippen molar-refractivity contribution in [2.24, 2.45) is 0 Å². The van der Waals surface area contributed by atoms with Crippen LogP contribution in [0.3, 0.4) is 0 Å². The Kier molecular flexibility index (Phi) is 3.95.